The third-order valence-corrected chi connectivity index (χ3v) is 5.25. The predicted molar refractivity (Wildman–Crippen MR) is 99.9 cm³/mol. The summed E-state index contributed by atoms with van der Waals surface area (Å²) >= 11 is 4.89. The SMILES string of the molecule is CN(Cc1ccc(N(C)C)cc1)C(=O)CSc1ncccc1Br. The summed E-state index contributed by atoms with van der Waals surface area (Å²) < 4.78 is 0.916. The van der Waals surface area contributed by atoms with Gasteiger partial charge in [-0.2, -0.15) is 0 Å². The van der Waals surface area contributed by atoms with E-state index >= 15 is 0 Å². The summed E-state index contributed by atoms with van der Waals surface area (Å²) in [5.41, 5.74) is 2.27. The molecule has 0 unspecified atom stereocenters. The van der Waals surface area contributed by atoms with E-state index in [1.54, 1.807) is 11.1 Å². The standard InChI is InChI=1S/C17H20BrN3OS/c1-20(2)14-8-6-13(7-9-14)11-21(3)16(22)12-23-17-15(18)5-4-10-19-17/h4-10H,11-12H2,1-3H3. The van der Waals surface area contributed by atoms with Crippen molar-refractivity contribution in [3.8, 4) is 0 Å². The van der Waals surface area contributed by atoms with Crippen molar-refractivity contribution in [2.24, 2.45) is 0 Å². The number of hydrogen-bond donors (Lipinski definition) is 0. The minimum absolute atomic E-state index is 0.0873. The van der Waals surface area contributed by atoms with Gasteiger partial charge in [0.2, 0.25) is 5.91 Å². The van der Waals surface area contributed by atoms with Crippen LogP contribution in [0.4, 0.5) is 5.69 Å². The Kier molecular flexibility index (Phi) is 6.47. The monoisotopic (exact) mass is 393 g/mol. The molecule has 6 heteroatoms. The third-order valence-electron chi connectivity index (χ3n) is 3.36. The number of thioether (sulfide) groups is 1. The minimum atomic E-state index is 0.0873. The molecule has 0 aliphatic heterocycles. The van der Waals surface area contributed by atoms with E-state index in [-0.39, 0.29) is 5.91 Å². The second kappa shape index (κ2) is 8.36. The van der Waals surface area contributed by atoms with Crippen LogP contribution in [0.25, 0.3) is 0 Å². The number of aromatic nitrogens is 1. The summed E-state index contributed by atoms with van der Waals surface area (Å²) in [6.45, 7) is 0.608. The van der Waals surface area contributed by atoms with Gasteiger partial charge in [-0.15, -0.1) is 0 Å². The van der Waals surface area contributed by atoms with E-state index in [2.05, 4.69) is 50.1 Å². The second-order valence-corrected chi connectivity index (χ2v) is 7.21. The van der Waals surface area contributed by atoms with E-state index in [0.29, 0.717) is 12.3 Å². The maximum atomic E-state index is 12.3. The van der Waals surface area contributed by atoms with Gasteiger partial charge in [0, 0.05) is 44.0 Å². The maximum absolute atomic E-state index is 12.3. The first kappa shape index (κ1) is 17.8. The molecule has 0 fully saturated rings. The topological polar surface area (TPSA) is 36.4 Å². The van der Waals surface area contributed by atoms with Gasteiger partial charge >= 0.3 is 0 Å². The van der Waals surface area contributed by atoms with Crippen LogP contribution < -0.4 is 4.90 Å². The molecule has 122 valence electrons. The lowest BCUT2D eigenvalue weighted by Gasteiger charge is -2.18. The normalized spacial score (nSPS) is 10.4. The molecule has 0 atom stereocenters. The van der Waals surface area contributed by atoms with Gasteiger partial charge in [0.25, 0.3) is 0 Å². The molecule has 0 spiro atoms. The molecule has 0 saturated heterocycles. The molecule has 1 aromatic heterocycles. The number of carbonyl (C=O) groups excluding carboxylic acids is 1. The molecular formula is C17H20BrN3OS. The van der Waals surface area contributed by atoms with Crippen LogP contribution in [0.15, 0.2) is 52.1 Å². The molecule has 0 saturated carbocycles. The maximum Gasteiger partial charge on any atom is 0.233 e. The van der Waals surface area contributed by atoms with Crippen molar-refractivity contribution in [3.05, 3.63) is 52.6 Å². The van der Waals surface area contributed by atoms with Crippen LogP contribution >= 0.6 is 27.7 Å². The van der Waals surface area contributed by atoms with Crippen molar-refractivity contribution in [2.75, 3.05) is 31.8 Å². The Balaban J connectivity index is 1.88. The zero-order valence-corrected chi connectivity index (χ0v) is 15.9. The van der Waals surface area contributed by atoms with E-state index in [9.17, 15) is 4.79 Å². The Morgan fingerprint density at radius 1 is 1.17 bits per heavy atom. The summed E-state index contributed by atoms with van der Waals surface area (Å²) in [7, 11) is 5.85. The van der Waals surface area contributed by atoms with Crippen molar-refractivity contribution in [2.45, 2.75) is 11.6 Å². The quantitative estimate of drug-likeness (QED) is 0.701. The van der Waals surface area contributed by atoms with E-state index in [4.69, 9.17) is 0 Å². The van der Waals surface area contributed by atoms with Crippen molar-refractivity contribution in [1.82, 2.24) is 9.88 Å². The number of pyridine rings is 1. The highest BCUT2D eigenvalue weighted by molar-refractivity contribution is 9.10. The van der Waals surface area contributed by atoms with Gasteiger partial charge in [-0.3, -0.25) is 4.79 Å². The summed E-state index contributed by atoms with van der Waals surface area (Å²) in [4.78, 5) is 20.3. The highest BCUT2D eigenvalue weighted by Gasteiger charge is 2.11. The first-order valence-corrected chi connectivity index (χ1v) is 8.99. The van der Waals surface area contributed by atoms with Crippen LogP contribution in [0.1, 0.15) is 5.56 Å². The fourth-order valence-corrected chi connectivity index (χ4v) is 3.40. The molecule has 0 aliphatic carbocycles. The fraction of sp³-hybridized carbons (Fsp3) is 0.294. The Morgan fingerprint density at radius 2 is 1.87 bits per heavy atom. The van der Waals surface area contributed by atoms with Gasteiger partial charge in [0.1, 0.15) is 5.03 Å². The lowest BCUT2D eigenvalue weighted by atomic mass is 10.2. The molecule has 0 N–H and O–H groups in total. The number of nitrogens with zero attached hydrogens (tertiary/aromatic N) is 3. The number of rotatable bonds is 6. The lowest BCUT2D eigenvalue weighted by Crippen LogP contribution is -2.27. The van der Waals surface area contributed by atoms with Gasteiger partial charge in [-0.25, -0.2) is 4.98 Å². The number of amides is 1. The average Bonchev–Trinajstić information content (AvgIpc) is 2.54. The zero-order chi connectivity index (χ0) is 16.8. The Hall–Kier alpha value is -1.53. The van der Waals surface area contributed by atoms with E-state index in [1.165, 1.54) is 11.8 Å². The van der Waals surface area contributed by atoms with E-state index < -0.39 is 0 Å². The number of benzene rings is 1. The molecule has 0 bridgehead atoms. The average molecular weight is 394 g/mol. The van der Waals surface area contributed by atoms with Gasteiger partial charge in [-0.1, -0.05) is 23.9 Å². The molecule has 1 heterocycles. The molecule has 2 aromatic rings. The minimum Gasteiger partial charge on any atom is -0.378 e. The van der Waals surface area contributed by atoms with Gasteiger partial charge in [0.05, 0.1) is 5.75 Å². The molecule has 0 radical (unpaired) electrons. The number of anilines is 1. The third kappa shape index (κ3) is 5.25. The van der Waals surface area contributed by atoms with Crippen LogP contribution in [0.5, 0.6) is 0 Å². The van der Waals surface area contributed by atoms with Gasteiger partial charge in [-0.05, 0) is 45.8 Å². The van der Waals surface area contributed by atoms with Crippen LogP contribution in [0, 0.1) is 0 Å². The first-order chi connectivity index (χ1) is 11.0. The van der Waals surface area contributed by atoms with Crippen molar-refractivity contribution < 1.29 is 4.79 Å². The van der Waals surface area contributed by atoms with Crippen molar-refractivity contribution in [3.63, 3.8) is 0 Å². The summed E-state index contributed by atoms with van der Waals surface area (Å²) in [5.74, 6) is 0.464. The lowest BCUT2D eigenvalue weighted by molar-refractivity contribution is -0.127. The van der Waals surface area contributed by atoms with Gasteiger partial charge in [0.15, 0.2) is 0 Å². The Labute approximate surface area is 150 Å². The Bertz CT molecular complexity index is 661. The number of carbonyl (C=O) groups is 1. The largest absolute Gasteiger partial charge is 0.378 e. The van der Waals surface area contributed by atoms with Crippen molar-refractivity contribution in [1.29, 1.82) is 0 Å². The molecule has 23 heavy (non-hydrogen) atoms. The molecule has 1 aromatic carbocycles. The summed E-state index contributed by atoms with van der Waals surface area (Å²) in [6.07, 6.45) is 1.73. The highest BCUT2D eigenvalue weighted by atomic mass is 79.9. The number of hydrogen-bond acceptors (Lipinski definition) is 4. The predicted octanol–water partition coefficient (Wildman–Crippen LogP) is 3.66. The fourth-order valence-electron chi connectivity index (χ4n) is 1.98. The first-order valence-electron chi connectivity index (χ1n) is 7.21. The van der Waals surface area contributed by atoms with Gasteiger partial charge < -0.3 is 9.80 Å². The zero-order valence-electron chi connectivity index (χ0n) is 13.5. The smallest absolute Gasteiger partial charge is 0.233 e. The van der Waals surface area contributed by atoms with E-state index in [0.717, 1.165) is 20.7 Å². The van der Waals surface area contributed by atoms with E-state index in [1.807, 2.05) is 33.3 Å². The summed E-state index contributed by atoms with van der Waals surface area (Å²) in [6, 6.07) is 12.0. The molecule has 4 nitrogen and oxygen atoms in total. The second-order valence-electron chi connectivity index (χ2n) is 5.39. The number of halogens is 1. The summed E-state index contributed by atoms with van der Waals surface area (Å²) in [5, 5.41) is 0.838. The van der Waals surface area contributed by atoms with Crippen LogP contribution in [0.3, 0.4) is 0 Å². The highest BCUT2D eigenvalue weighted by Crippen LogP contribution is 2.24. The van der Waals surface area contributed by atoms with Crippen molar-refractivity contribution >= 4 is 39.3 Å². The van der Waals surface area contributed by atoms with Crippen LogP contribution in [-0.4, -0.2) is 42.7 Å². The molecular weight excluding hydrogens is 374 g/mol. The van der Waals surface area contributed by atoms with Crippen LogP contribution in [0.2, 0.25) is 0 Å². The molecule has 0 aliphatic rings. The molecule has 1 amide bonds. The van der Waals surface area contributed by atoms with Crippen LogP contribution in [-0.2, 0) is 11.3 Å². The Morgan fingerprint density at radius 3 is 2.48 bits per heavy atom. The molecule has 2 rings (SSSR count).